The molecule has 19 heavy (non-hydrogen) atoms. The molecule has 1 aromatic rings. The van der Waals surface area contributed by atoms with Crippen molar-refractivity contribution in [3.8, 4) is 0 Å². The van der Waals surface area contributed by atoms with Crippen molar-refractivity contribution >= 4 is 17.7 Å². The number of benzene rings is 1. The molecule has 1 heterocycles. The molecular weight excluding hydrogens is 249 g/mol. The Labute approximate surface area is 111 Å². The van der Waals surface area contributed by atoms with Gasteiger partial charge in [0.15, 0.2) is 0 Å². The monoisotopic (exact) mass is 265 g/mol. The van der Waals surface area contributed by atoms with Gasteiger partial charge in [0.25, 0.3) is 0 Å². The van der Waals surface area contributed by atoms with Crippen molar-refractivity contribution in [2.24, 2.45) is 0 Å². The summed E-state index contributed by atoms with van der Waals surface area (Å²) in [6.07, 6.45) is 3.30. The number of carbonyl (C=O) groups is 1. The van der Waals surface area contributed by atoms with Gasteiger partial charge in [0.1, 0.15) is 5.82 Å². The molecule has 1 saturated heterocycles. The topological polar surface area (TPSA) is 49.8 Å². The Morgan fingerprint density at radius 2 is 2.16 bits per heavy atom. The standard InChI is InChI=1S/C14H16FNO3/c15-12-8-11(2-3-14(17)18)9-13(10-12)16-4-1-6-19-7-5-16/h2-3,8-10H,1,4-7H2,(H,17,18)/b3-2+. The van der Waals surface area contributed by atoms with E-state index in [9.17, 15) is 9.18 Å². The highest BCUT2D eigenvalue weighted by Crippen LogP contribution is 2.20. The van der Waals surface area contributed by atoms with Crippen LogP contribution >= 0.6 is 0 Å². The van der Waals surface area contributed by atoms with Crippen LogP contribution in [0.1, 0.15) is 12.0 Å². The van der Waals surface area contributed by atoms with Crippen molar-refractivity contribution in [2.75, 3.05) is 31.2 Å². The van der Waals surface area contributed by atoms with Gasteiger partial charge in [-0.05, 0) is 36.3 Å². The molecule has 1 aliphatic heterocycles. The number of anilines is 1. The lowest BCUT2D eigenvalue weighted by Crippen LogP contribution is -2.25. The van der Waals surface area contributed by atoms with Gasteiger partial charge in [0.2, 0.25) is 0 Å². The zero-order valence-electron chi connectivity index (χ0n) is 10.5. The number of halogens is 1. The summed E-state index contributed by atoms with van der Waals surface area (Å²) in [6.45, 7) is 2.87. The fourth-order valence-electron chi connectivity index (χ4n) is 2.05. The van der Waals surface area contributed by atoms with E-state index >= 15 is 0 Å². The summed E-state index contributed by atoms with van der Waals surface area (Å²) in [4.78, 5) is 12.5. The summed E-state index contributed by atoms with van der Waals surface area (Å²) in [6, 6.07) is 4.56. The Kier molecular flexibility index (Phi) is 4.52. The highest BCUT2D eigenvalue weighted by molar-refractivity contribution is 5.85. The minimum Gasteiger partial charge on any atom is -0.478 e. The third-order valence-electron chi connectivity index (χ3n) is 2.91. The van der Waals surface area contributed by atoms with Gasteiger partial charge in [-0.3, -0.25) is 0 Å². The van der Waals surface area contributed by atoms with E-state index in [1.165, 1.54) is 18.2 Å². The van der Waals surface area contributed by atoms with Crippen molar-refractivity contribution in [3.05, 3.63) is 35.7 Å². The largest absolute Gasteiger partial charge is 0.478 e. The van der Waals surface area contributed by atoms with Crippen LogP contribution in [0.4, 0.5) is 10.1 Å². The Bertz CT molecular complexity index is 480. The molecular formula is C14H16FNO3. The Hall–Kier alpha value is -1.88. The van der Waals surface area contributed by atoms with E-state index in [0.717, 1.165) is 31.3 Å². The summed E-state index contributed by atoms with van der Waals surface area (Å²) < 4.78 is 18.9. The Balaban J connectivity index is 2.22. The molecule has 1 N–H and O–H groups in total. The third kappa shape index (κ3) is 4.06. The summed E-state index contributed by atoms with van der Waals surface area (Å²) in [5, 5.41) is 8.59. The van der Waals surface area contributed by atoms with E-state index in [1.54, 1.807) is 6.07 Å². The first-order valence-corrected chi connectivity index (χ1v) is 6.19. The molecule has 4 nitrogen and oxygen atoms in total. The smallest absolute Gasteiger partial charge is 0.328 e. The highest BCUT2D eigenvalue weighted by atomic mass is 19.1. The van der Waals surface area contributed by atoms with Crippen LogP contribution < -0.4 is 4.90 Å². The quantitative estimate of drug-likeness (QED) is 0.851. The second kappa shape index (κ2) is 6.33. The molecule has 0 radical (unpaired) electrons. The van der Waals surface area contributed by atoms with Gasteiger partial charge in [0, 0.05) is 31.5 Å². The average Bonchev–Trinajstić information content (AvgIpc) is 2.64. The number of carboxylic acids is 1. The van der Waals surface area contributed by atoms with E-state index in [-0.39, 0.29) is 5.82 Å². The number of aliphatic carboxylic acids is 1. The van der Waals surface area contributed by atoms with E-state index in [1.807, 2.05) is 4.90 Å². The summed E-state index contributed by atoms with van der Waals surface area (Å²) >= 11 is 0. The average molecular weight is 265 g/mol. The minimum atomic E-state index is -1.05. The Morgan fingerprint density at radius 1 is 1.32 bits per heavy atom. The molecule has 0 aromatic heterocycles. The van der Waals surface area contributed by atoms with Crippen LogP contribution in [0.5, 0.6) is 0 Å². The first-order valence-electron chi connectivity index (χ1n) is 6.19. The summed E-state index contributed by atoms with van der Waals surface area (Å²) in [5.41, 5.74) is 1.30. The van der Waals surface area contributed by atoms with Crippen LogP contribution in [-0.4, -0.2) is 37.4 Å². The molecule has 0 spiro atoms. The number of hydrogen-bond acceptors (Lipinski definition) is 3. The maximum Gasteiger partial charge on any atom is 0.328 e. The van der Waals surface area contributed by atoms with Gasteiger partial charge in [-0.2, -0.15) is 0 Å². The zero-order valence-corrected chi connectivity index (χ0v) is 10.5. The SMILES string of the molecule is O=C(O)/C=C/c1cc(F)cc(N2CCCOCC2)c1. The molecule has 1 aromatic carbocycles. The van der Waals surface area contributed by atoms with Crippen molar-refractivity contribution in [1.29, 1.82) is 0 Å². The van der Waals surface area contributed by atoms with Crippen LogP contribution in [0.2, 0.25) is 0 Å². The molecule has 5 heteroatoms. The molecule has 2 rings (SSSR count). The lowest BCUT2D eigenvalue weighted by Gasteiger charge is -2.22. The van der Waals surface area contributed by atoms with Crippen molar-refractivity contribution in [2.45, 2.75) is 6.42 Å². The van der Waals surface area contributed by atoms with Gasteiger partial charge in [0.05, 0.1) is 6.61 Å². The minimum absolute atomic E-state index is 0.368. The molecule has 0 atom stereocenters. The van der Waals surface area contributed by atoms with Crippen molar-refractivity contribution in [3.63, 3.8) is 0 Å². The van der Waals surface area contributed by atoms with Gasteiger partial charge < -0.3 is 14.7 Å². The van der Waals surface area contributed by atoms with Crippen LogP contribution in [-0.2, 0) is 9.53 Å². The molecule has 0 bridgehead atoms. The molecule has 0 aliphatic carbocycles. The lowest BCUT2D eigenvalue weighted by molar-refractivity contribution is -0.131. The lowest BCUT2D eigenvalue weighted by atomic mass is 10.1. The number of rotatable bonds is 3. The fourth-order valence-corrected chi connectivity index (χ4v) is 2.05. The van der Waals surface area contributed by atoms with E-state index in [2.05, 4.69) is 0 Å². The highest BCUT2D eigenvalue weighted by Gasteiger charge is 2.11. The Morgan fingerprint density at radius 3 is 2.95 bits per heavy atom. The number of nitrogens with zero attached hydrogens (tertiary/aromatic N) is 1. The zero-order chi connectivity index (χ0) is 13.7. The fraction of sp³-hybridized carbons (Fsp3) is 0.357. The van der Waals surface area contributed by atoms with Gasteiger partial charge in [-0.15, -0.1) is 0 Å². The number of carboxylic acid groups (broad SMARTS) is 1. The van der Waals surface area contributed by atoms with Crippen LogP contribution in [0.15, 0.2) is 24.3 Å². The maximum atomic E-state index is 13.6. The van der Waals surface area contributed by atoms with Gasteiger partial charge in [-0.25, -0.2) is 9.18 Å². The third-order valence-corrected chi connectivity index (χ3v) is 2.91. The second-order valence-corrected chi connectivity index (χ2v) is 4.37. The molecule has 102 valence electrons. The second-order valence-electron chi connectivity index (χ2n) is 4.37. The summed E-state index contributed by atoms with van der Waals surface area (Å²) in [5.74, 6) is -1.42. The van der Waals surface area contributed by atoms with E-state index in [0.29, 0.717) is 18.7 Å². The van der Waals surface area contributed by atoms with Crippen molar-refractivity contribution in [1.82, 2.24) is 0 Å². The van der Waals surface area contributed by atoms with Gasteiger partial charge in [-0.1, -0.05) is 0 Å². The first-order chi connectivity index (χ1) is 9.15. The number of hydrogen-bond donors (Lipinski definition) is 1. The maximum absolute atomic E-state index is 13.6. The van der Waals surface area contributed by atoms with Crippen molar-refractivity contribution < 1.29 is 19.0 Å². The molecule has 1 aliphatic rings. The van der Waals surface area contributed by atoms with Crippen LogP contribution in [0.25, 0.3) is 6.08 Å². The first kappa shape index (κ1) is 13.5. The van der Waals surface area contributed by atoms with E-state index < -0.39 is 5.97 Å². The van der Waals surface area contributed by atoms with E-state index in [4.69, 9.17) is 9.84 Å². The molecule has 0 amide bonds. The molecule has 0 saturated carbocycles. The van der Waals surface area contributed by atoms with Gasteiger partial charge >= 0.3 is 5.97 Å². The van der Waals surface area contributed by atoms with Crippen LogP contribution in [0, 0.1) is 5.82 Å². The normalized spacial score (nSPS) is 16.6. The summed E-state index contributed by atoms with van der Waals surface area (Å²) in [7, 11) is 0. The predicted molar refractivity (Wildman–Crippen MR) is 70.7 cm³/mol. The number of ether oxygens (including phenoxy) is 1. The predicted octanol–water partition coefficient (Wildman–Crippen LogP) is 2.15. The molecule has 0 unspecified atom stereocenters. The molecule has 1 fully saturated rings. The van der Waals surface area contributed by atoms with Crippen LogP contribution in [0.3, 0.4) is 0 Å².